The van der Waals surface area contributed by atoms with E-state index in [1.165, 1.54) is 6.92 Å². The minimum Gasteiger partial charge on any atom is -0.449 e. The van der Waals surface area contributed by atoms with E-state index in [-0.39, 0.29) is 78.8 Å². The molecule has 42 heavy (non-hydrogen) atoms. The average molecular weight is 597 g/mol. The second-order valence-corrected chi connectivity index (χ2v) is 13.4. The zero-order chi connectivity index (χ0) is 30.7. The molecular formula is C30H46F2N4O6. The van der Waals surface area contributed by atoms with E-state index in [1.807, 2.05) is 13.8 Å². The van der Waals surface area contributed by atoms with Crippen LogP contribution >= 0.6 is 0 Å². The van der Waals surface area contributed by atoms with Gasteiger partial charge in [0.2, 0.25) is 23.6 Å². The van der Waals surface area contributed by atoms with Crippen molar-refractivity contribution in [3.63, 3.8) is 0 Å². The molecule has 2 saturated carbocycles. The van der Waals surface area contributed by atoms with Crippen molar-refractivity contribution in [2.75, 3.05) is 19.7 Å². The maximum absolute atomic E-state index is 13.4. The molecule has 4 unspecified atom stereocenters. The molecule has 0 bridgehead atoms. The number of aldehydes is 1. The van der Waals surface area contributed by atoms with Crippen molar-refractivity contribution in [3.05, 3.63) is 0 Å². The highest BCUT2D eigenvalue weighted by Crippen LogP contribution is 2.41. The van der Waals surface area contributed by atoms with Crippen molar-refractivity contribution < 1.29 is 37.5 Å². The number of likely N-dealkylation sites (tertiary alicyclic amines) is 1. The molecule has 10 nitrogen and oxygen atoms in total. The Bertz CT molecular complexity index is 1020. The summed E-state index contributed by atoms with van der Waals surface area (Å²) in [6.07, 6.45) is 3.54. The van der Waals surface area contributed by atoms with Gasteiger partial charge >= 0.3 is 6.09 Å². The second-order valence-electron chi connectivity index (χ2n) is 13.4. The molecule has 2 aliphatic carbocycles. The maximum Gasteiger partial charge on any atom is 0.407 e. The Labute approximate surface area is 246 Å². The summed E-state index contributed by atoms with van der Waals surface area (Å²) in [7, 11) is 0. The van der Waals surface area contributed by atoms with E-state index in [4.69, 9.17) is 4.74 Å². The molecule has 2 heterocycles. The normalized spacial score (nSPS) is 29.4. The van der Waals surface area contributed by atoms with Crippen LogP contribution in [0.15, 0.2) is 0 Å². The second kappa shape index (κ2) is 13.2. The minimum atomic E-state index is -2.63. The molecule has 4 amide bonds. The van der Waals surface area contributed by atoms with Gasteiger partial charge in [0, 0.05) is 56.3 Å². The van der Waals surface area contributed by atoms with Crippen LogP contribution in [0.5, 0.6) is 0 Å². The molecule has 0 aromatic carbocycles. The first-order valence-corrected chi connectivity index (χ1v) is 15.4. The SMILES string of the molecule is CC(=O)N1CCC2(CC1)CC(CC(C=O)NC(=O)C1CC(NC(=O)OCC3CCC(F)(F)CC3)[C@H]1CC(C)C)C(=O)N2. The third-order valence-corrected chi connectivity index (χ3v) is 9.80. The zero-order valence-corrected chi connectivity index (χ0v) is 25.0. The van der Waals surface area contributed by atoms with Crippen LogP contribution in [0.3, 0.4) is 0 Å². The highest BCUT2D eigenvalue weighted by molar-refractivity contribution is 5.85. The Morgan fingerprint density at radius 3 is 2.38 bits per heavy atom. The van der Waals surface area contributed by atoms with Crippen molar-refractivity contribution >= 4 is 30.1 Å². The van der Waals surface area contributed by atoms with E-state index in [0.717, 1.165) is 0 Å². The number of alkyl carbamates (subject to hydrolysis) is 1. The quantitative estimate of drug-likeness (QED) is 0.332. The number of hydrogen-bond donors (Lipinski definition) is 3. The molecule has 5 atom stereocenters. The number of rotatable bonds is 10. The van der Waals surface area contributed by atoms with Gasteiger partial charge in [0.15, 0.2) is 0 Å². The van der Waals surface area contributed by atoms with E-state index < -0.39 is 24.0 Å². The fraction of sp³-hybridized carbons (Fsp3) is 0.833. The Hall–Kier alpha value is -2.79. The number of piperidine rings is 1. The van der Waals surface area contributed by atoms with Crippen LogP contribution in [0, 0.1) is 29.6 Å². The standard InChI is InChI=1S/C30H46F2N4O6/c1-18(2)12-23-24(14-25(23)34-28(41)42-17-20-4-6-30(31,32)7-5-20)27(40)33-22(16-37)13-21-15-29(35-26(21)39)8-10-36(11-9-29)19(3)38/h16,18,20-25H,4-15,17H2,1-3H3,(H,33,40)(H,34,41)(H,35,39)/t21?,22?,23-,24?,25?/m0/s1. The fourth-order valence-corrected chi connectivity index (χ4v) is 7.19. The number of halogens is 2. The van der Waals surface area contributed by atoms with E-state index >= 15 is 0 Å². The summed E-state index contributed by atoms with van der Waals surface area (Å²) in [5, 5.41) is 8.79. The predicted octanol–water partition coefficient (Wildman–Crippen LogP) is 3.18. The molecule has 4 rings (SSSR count). The molecule has 236 valence electrons. The molecule has 4 fully saturated rings. The molecule has 2 saturated heterocycles. The summed E-state index contributed by atoms with van der Waals surface area (Å²) in [6, 6.07) is -1.07. The largest absolute Gasteiger partial charge is 0.449 e. The fourth-order valence-electron chi connectivity index (χ4n) is 7.19. The lowest BCUT2D eigenvalue weighted by Gasteiger charge is -2.45. The van der Waals surface area contributed by atoms with E-state index in [0.29, 0.717) is 64.3 Å². The monoisotopic (exact) mass is 596 g/mol. The number of carbonyl (C=O) groups excluding carboxylic acids is 5. The van der Waals surface area contributed by atoms with Gasteiger partial charge in [-0.3, -0.25) is 14.4 Å². The molecule has 1 spiro atoms. The van der Waals surface area contributed by atoms with Gasteiger partial charge in [-0.2, -0.15) is 0 Å². The van der Waals surface area contributed by atoms with Crippen molar-refractivity contribution in [2.45, 2.75) is 109 Å². The molecule has 0 radical (unpaired) electrons. The van der Waals surface area contributed by atoms with Gasteiger partial charge in [-0.15, -0.1) is 0 Å². The number of hydrogen-bond acceptors (Lipinski definition) is 6. The van der Waals surface area contributed by atoms with E-state index in [2.05, 4.69) is 16.0 Å². The number of nitrogens with zero attached hydrogens (tertiary/aromatic N) is 1. The summed E-state index contributed by atoms with van der Waals surface area (Å²) in [5.74, 6) is -3.75. The molecule has 12 heteroatoms. The average Bonchev–Trinajstić information content (AvgIpc) is 3.22. The van der Waals surface area contributed by atoms with E-state index in [9.17, 15) is 32.8 Å². The Morgan fingerprint density at radius 1 is 1.12 bits per heavy atom. The first kappa shape index (κ1) is 32.1. The lowest BCUT2D eigenvalue weighted by atomic mass is 9.65. The van der Waals surface area contributed by atoms with Crippen molar-refractivity contribution in [1.82, 2.24) is 20.9 Å². The van der Waals surface area contributed by atoms with Gasteiger partial charge in [0.25, 0.3) is 0 Å². The predicted molar refractivity (Wildman–Crippen MR) is 149 cm³/mol. The smallest absolute Gasteiger partial charge is 0.407 e. The van der Waals surface area contributed by atoms with Gasteiger partial charge in [0.05, 0.1) is 12.6 Å². The lowest BCUT2D eigenvalue weighted by molar-refractivity contribution is -0.135. The van der Waals surface area contributed by atoms with Gasteiger partial charge in [-0.05, 0) is 69.1 Å². The first-order valence-electron chi connectivity index (χ1n) is 15.4. The summed E-state index contributed by atoms with van der Waals surface area (Å²) in [4.78, 5) is 63.9. The van der Waals surface area contributed by atoms with E-state index in [1.54, 1.807) is 4.90 Å². The molecule has 4 aliphatic rings. The molecule has 2 aliphatic heterocycles. The molecule has 3 N–H and O–H groups in total. The Kier molecular flexibility index (Phi) is 10.1. The van der Waals surface area contributed by atoms with Gasteiger partial charge < -0.3 is 30.4 Å². The van der Waals surface area contributed by atoms with Gasteiger partial charge in [0.1, 0.15) is 6.29 Å². The molecular weight excluding hydrogens is 550 g/mol. The maximum atomic E-state index is 13.4. The Morgan fingerprint density at radius 2 is 1.79 bits per heavy atom. The number of alkyl halides is 2. The Balaban J connectivity index is 1.25. The van der Waals surface area contributed by atoms with Crippen LogP contribution < -0.4 is 16.0 Å². The molecule has 0 aromatic heterocycles. The zero-order valence-electron chi connectivity index (χ0n) is 25.0. The van der Waals surface area contributed by atoms with Crippen LogP contribution in [-0.2, 0) is 23.9 Å². The third kappa shape index (κ3) is 7.98. The lowest BCUT2D eigenvalue weighted by Crippen LogP contribution is -2.58. The third-order valence-electron chi connectivity index (χ3n) is 9.80. The minimum absolute atomic E-state index is 0.0182. The van der Waals surface area contributed by atoms with Crippen LogP contribution in [0.2, 0.25) is 0 Å². The highest BCUT2D eigenvalue weighted by atomic mass is 19.3. The van der Waals surface area contributed by atoms with Crippen LogP contribution in [0.4, 0.5) is 13.6 Å². The van der Waals surface area contributed by atoms with Crippen LogP contribution in [0.25, 0.3) is 0 Å². The van der Waals surface area contributed by atoms with Crippen molar-refractivity contribution in [3.8, 4) is 0 Å². The van der Waals surface area contributed by atoms with Gasteiger partial charge in [-0.1, -0.05) is 13.8 Å². The van der Waals surface area contributed by atoms with Gasteiger partial charge in [-0.25, -0.2) is 13.6 Å². The highest BCUT2D eigenvalue weighted by Gasteiger charge is 2.48. The number of ether oxygens (including phenoxy) is 1. The number of amides is 4. The molecule has 0 aromatic rings. The van der Waals surface area contributed by atoms with Crippen LogP contribution in [0.1, 0.15) is 85.0 Å². The first-order chi connectivity index (χ1) is 19.8. The van der Waals surface area contributed by atoms with Crippen LogP contribution in [-0.4, -0.2) is 78.2 Å². The summed E-state index contributed by atoms with van der Waals surface area (Å²) in [6.45, 7) is 6.86. The van der Waals surface area contributed by atoms with Crippen molar-refractivity contribution in [2.24, 2.45) is 29.6 Å². The number of carbonyl (C=O) groups is 5. The summed E-state index contributed by atoms with van der Waals surface area (Å²) in [5.41, 5.74) is -0.378. The summed E-state index contributed by atoms with van der Waals surface area (Å²) >= 11 is 0. The topological polar surface area (TPSA) is 134 Å². The van der Waals surface area contributed by atoms with Crippen molar-refractivity contribution in [1.29, 1.82) is 0 Å². The summed E-state index contributed by atoms with van der Waals surface area (Å²) < 4.78 is 32.1. The number of nitrogens with one attached hydrogen (secondary N) is 3.